The Hall–Kier alpha value is -0.775. The lowest BCUT2D eigenvalue weighted by Crippen LogP contribution is -2.32. The summed E-state index contributed by atoms with van der Waals surface area (Å²) in [6, 6.07) is 2.32. The molecule has 1 aromatic rings. The average molecular weight is 204 g/mol. The topological polar surface area (TPSA) is 49.7 Å². The van der Waals surface area contributed by atoms with E-state index in [9.17, 15) is 4.39 Å². The lowest BCUT2D eigenvalue weighted by atomic mass is 9.79. The van der Waals surface area contributed by atoms with Gasteiger partial charge in [-0.25, -0.2) is 4.39 Å². The van der Waals surface area contributed by atoms with E-state index < -0.39 is 12.9 Å². The number of halogens is 2. The van der Waals surface area contributed by atoms with Crippen molar-refractivity contribution in [3.05, 3.63) is 23.0 Å². The maximum Gasteiger partial charge on any atom is 0.493 e. The molecule has 0 saturated heterocycles. The van der Waals surface area contributed by atoms with Crippen molar-refractivity contribution in [2.24, 2.45) is 0 Å². The van der Waals surface area contributed by atoms with E-state index in [1.54, 1.807) is 0 Å². The van der Waals surface area contributed by atoms with Gasteiger partial charge in [0.2, 0.25) is 0 Å². The van der Waals surface area contributed by atoms with Crippen LogP contribution in [0.4, 0.5) is 4.39 Å². The minimum atomic E-state index is -1.85. The first kappa shape index (κ1) is 10.3. The standard InChI is InChI=1S/C7H7BClFO3/c1-13-7-5(10)3-2-4(9)6(7)8(11)12/h2-3,11-12H,1H3. The predicted molar refractivity (Wildman–Crippen MR) is 47.8 cm³/mol. The molecule has 0 fully saturated rings. The average Bonchev–Trinajstić information content (AvgIpc) is 2.07. The third-order valence-corrected chi connectivity index (χ3v) is 1.89. The molecule has 0 amide bonds. The molecular weight excluding hydrogens is 197 g/mol. The second kappa shape index (κ2) is 3.96. The van der Waals surface area contributed by atoms with Crippen LogP contribution in [0.25, 0.3) is 0 Å². The molecule has 0 aliphatic carbocycles. The normalized spacial score (nSPS) is 9.92. The molecule has 6 heteroatoms. The summed E-state index contributed by atoms with van der Waals surface area (Å²) in [5.41, 5.74) is -0.163. The van der Waals surface area contributed by atoms with Gasteiger partial charge >= 0.3 is 7.12 Å². The summed E-state index contributed by atoms with van der Waals surface area (Å²) in [7, 11) is -0.626. The molecule has 0 aliphatic rings. The fourth-order valence-electron chi connectivity index (χ4n) is 0.997. The first-order chi connectivity index (χ1) is 6.07. The highest BCUT2D eigenvalue weighted by atomic mass is 35.5. The SMILES string of the molecule is COc1c(F)ccc(Cl)c1B(O)O. The van der Waals surface area contributed by atoms with E-state index in [1.165, 1.54) is 13.2 Å². The van der Waals surface area contributed by atoms with Crippen LogP contribution in [-0.4, -0.2) is 24.3 Å². The number of hydrogen-bond acceptors (Lipinski definition) is 3. The molecule has 1 rings (SSSR count). The maximum absolute atomic E-state index is 13.0. The molecule has 1 aromatic carbocycles. The quantitative estimate of drug-likeness (QED) is 0.675. The number of ether oxygens (including phenoxy) is 1. The Balaban J connectivity index is 3.35. The first-order valence-corrected chi connectivity index (χ1v) is 3.83. The second-order valence-electron chi connectivity index (χ2n) is 2.35. The lowest BCUT2D eigenvalue weighted by Gasteiger charge is -2.09. The zero-order valence-electron chi connectivity index (χ0n) is 6.79. The molecule has 2 N–H and O–H groups in total. The zero-order valence-corrected chi connectivity index (χ0v) is 7.55. The molecule has 0 aliphatic heterocycles. The van der Waals surface area contributed by atoms with Crippen molar-refractivity contribution in [3.63, 3.8) is 0 Å². The number of benzene rings is 1. The lowest BCUT2D eigenvalue weighted by molar-refractivity contribution is 0.382. The van der Waals surface area contributed by atoms with Crippen LogP contribution in [-0.2, 0) is 0 Å². The van der Waals surface area contributed by atoms with Gasteiger partial charge in [-0.3, -0.25) is 0 Å². The Labute approximate surface area is 79.9 Å². The van der Waals surface area contributed by atoms with Gasteiger partial charge in [0, 0.05) is 10.5 Å². The molecule has 0 unspecified atom stereocenters. The molecule has 0 heterocycles. The van der Waals surface area contributed by atoms with E-state index in [2.05, 4.69) is 4.74 Å². The van der Waals surface area contributed by atoms with Gasteiger partial charge < -0.3 is 14.8 Å². The van der Waals surface area contributed by atoms with Crippen molar-refractivity contribution < 1.29 is 19.2 Å². The third kappa shape index (κ3) is 1.93. The highest BCUT2D eigenvalue weighted by Gasteiger charge is 2.23. The zero-order chi connectivity index (χ0) is 10.0. The second-order valence-corrected chi connectivity index (χ2v) is 2.76. The Morgan fingerprint density at radius 2 is 2.08 bits per heavy atom. The molecule has 0 bridgehead atoms. The van der Waals surface area contributed by atoms with Crippen LogP contribution >= 0.6 is 11.6 Å². The fraction of sp³-hybridized carbons (Fsp3) is 0.143. The van der Waals surface area contributed by atoms with Crippen LogP contribution in [0.5, 0.6) is 5.75 Å². The molecule has 0 saturated carbocycles. The Morgan fingerprint density at radius 3 is 2.46 bits per heavy atom. The highest BCUT2D eigenvalue weighted by Crippen LogP contribution is 2.19. The Bertz CT molecular complexity index is 319. The molecule has 3 nitrogen and oxygen atoms in total. The summed E-state index contributed by atoms with van der Waals surface area (Å²) in [6.45, 7) is 0. The number of hydrogen-bond donors (Lipinski definition) is 2. The summed E-state index contributed by atoms with van der Waals surface area (Å²) in [6.07, 6.45) is 0. The van der Waals surface area contributed by atoms with Crippen LogP contribution in [0, 0.1) is 5.82 Å². The van der Waals surface area contributed by atoms with Crippen LogP contribution in [0.1, 0.15) is 0 Å². The smallest absolute Gasteiger partial charge is 0.493 e. The maximum atomic E-state index is 13.0. The molecule has 13 heavy (non-hydrogen) atoms. The fourth-order valence-corrected chi connectivity index (χ4v) is 1.24. The highest BCUT2D eigenvalue weighted by molar-refractivity contribution is 6.63. The van der Waals surface area contributed by atoms with Gasteiger partial charge in [-0.15, -0.1) is 0 Å². The van der Waals surface area contributed by atoms with E-state index in [1.807, 2.05) is 0 Å². The first-order valence-electron chi connectivity index (χ1n) is 3.46. The Morgan fingerprint density at radius 1 is 1.46 bits per heavy atom. The monoisotopic (exact) mass is 204 g/mol. The van der Waals surface area contributed by atoms with Crippen molar-refractivity contribution in [2.75, 3.05) is 7.11 Å². The van der Waals surface area contributed by atoms with Crippen LogP contribution in [0.3, 0.4) is 0 Å². The van der Waals surface area contributed by atoms with E-state index in [-0.39, 0.29) is 16.2 Å². The van der Waals surface area contributed by atoms with Crippen molar-refractivity contribution in [1.82, 2.24) is 0 Å². The molecule has 70 valence electrons. The van der Waals surface area contributed by atoms with Crippen molar-refractivity contribution in [1.29, 1.82) is 0 Å². The Kier molecular flexibility index (Phi) is 3.14. The number of methoxy groups -OCH3 is 1. The molecule has 0 radical (unpaired) electrons. The summed E-state index contributed by atoms with van der Waals surface area (Å²) >= 11 is 5.61. The molecule has 0 spiro atoms. The van der Waals surface area contributed by atoms with Crippen molar-refractivity contribution in [3.8, 4) is 5.75 Å². The van der Waals surface area contributed by atoms with Crippen LogP contribution in [0.2, 0.25) is 5.02 Å². The summed E-state index contributed by atoms with van der Waals surface area (Å²) in [5, 5.41) is 17.8. The molecule has 0 aromatic heterocycles. The van der Waals surface area contributed by atoms with Gasteiger partial charge in [0.25, 0.3) is 0 Å². The number of rotatable bonds is 2. The van der Waals surface area contributed by atoms with E-state index in [0.717, 1.165) is 6.07 Å². The minimum absolute atomic E-state index is 0.0493. The van der Waals surface area contributed by atoms with Gasteiger partial charge in [0.05, 0.1) is 7.11 Å². The minimum Gasteiger partial charge on any atom is -0.494 e. The van der Waals surface area contributed by atoms with Gasteiger partial charge in [-0.1, -0.05) is 11.6 Å². The van der Waals surface area contributed by atoms with Gasteiger partial charge in [-0.2, -0.15) is 0 Å². The van der Waals surface area contributed by atoms with Gasteiger partial charge in [-0.05, 0) is 12.1 Å². The van der Waals surface area contributed by atoms with Crippen LogP contribution < -0.4 is 10.2 Å². The summed E-state index contributed by atoms with van der Waals surface area (Å²) in [4.78, 5) is 0. The van der Waals surface area contributed by atoms with Gasteiger partial charge in [0.15, 0.2) is 11.6 Å². The molecular formula is C7H7BClFO3. The molecule has 0 atom stereocenters. The van der Waals surface area contributed by atoms with E-state index in [4.69, 9.17) is 21.6 Å². The third-order valence-electron chi connectivity index (χ3n) is 1.56. The van der Waals surface area contributed by atoms with Crippen molar-refractivity contribution in [2.45, 2.75) is 0 Å². The van der Waals surface area contributed by atoms with Gasteiger partial charge in [0.1, 0.15) is 0 Å². The van der Waals surface area contributed by atoms with Crippen LogP contribution in [0.15, 0.2) is 12.1 Å². The summed E-state index contributed by atoms with van der Waals surface area (Å²) in [5.74, 6) is -0.933. The largest absolute Gasteiger partial charge is 0.494 e. The van der Waals surface area contributed by atoms with Crippen molar-refractivity contribution >= 4 is 24.2 Å². The van der Waals surface area contributed by atoms with E-state index in [0.29, 0.717) is 0 Å². The summed E-state index contributed by atoms with van der Waals surface area (Å²) < 4.78 is 17.6. The van der Waals surface area contributed by atoms with E-state index >= 15 is 0 Å². The predicted octanol–water partition coefficient (Wildman–Crippen LogP) is 0.168.